The van der Waals surface area contributed by atoms with Crippen LogP contribution in [0.4, 0.5) is 4.79 Å². The molecule has 7 nitrogen and oxygen atoms in total. The van der Waals surface area contributed by atoms with Gasteiger partial charge in [-0.2, -0.15) is 0 Å². The minimum absolute atomic E-state index is 0.441. The summed E-state index contributed by atoms with van der Waals surface area (Å²) in [6, 6.07) is 11.7. The monoisotopic (exact) mass is 397 g/mol. The maximum absolute atomic E-state index is 11.0. The van der Waals surface area contributed by atoms with E-state index in [0.29, 0.717) is 5.75 Å². The molecule has 0 spiro atoms. The van der Waals surface area contributed by atoms with E-state index in [1.807, 2.05) is 18.2 Å². The van der Waals surface area contributed by atoms with Crippen LogP contribution < -0.4 is 20.5 Å². The Morgan fingerprint density at radius 3 is 2.55 bits per heavy atom. The van der Waals surface area contributed by atoms with Crippen LogP contribution in [0.2, 0.25) is 0 Å². The fraction of sp³-hybridized carbons (Fsp3) is 0.409. The van der Waals surface area contributed by atoms with E-state index in [4.69, 9.17) is 19.9 Å². The summed E-state index contributed by atoms with van der Waals surface area (Å²) in [5.41, 5.74) is 8.54. The van der Waals surface area contributed by atoms with Gasteiger partial charge in [0.05, 0.1) is 13.2 Å². The molecule has 0 aromatic heterocycles. The largest absolute Gasteiger partial charge is 0.457 e. The van der Waals surface area contributed by atoms with E-state index >= 15 is 0 Å². The highest BCUT2D eigenvalue weighted by Crippen LogP contribution is 2.35. The van der Waals surface area contributed by atoms with Gasteiger partial charge in [0.15, 0.2) is 0 Å². The summed E-state index contributed by atoms with van der Waals surface area (Å²) in [6.45, 7) is 6.55. The number of morpholine rings is 1. The van der Waals surface area contributed by atoms with Crippen LogP contribution in [-0.4, -0.2) is 50.4 Å². The third-order valence-electron chi connectivity index (χ3n) is 5.30. The van der Waals surface area contributed by atoms with Crippen LogP contribution in [0.5, 0.6) is 17.2 Å². The number of hydrogen-bond acceptors (Lipinski definition) is 6. The summed E-state index contributed by atoms with van der Waals surface area (Å²) in [5.74, 6) is 2.11. The number of primary amides is 1. The van der Waals surface area contributed by atoms with Gasteiger partial charge in [-0.25, -0.2) is 4.79 Å². The molecule has 1 saturated heterocycles. The molecule has 0 unspecified atom stereocenters. The number of nitrogens with zero attached hydrogens (tertiary/aromatic N) is 1. The third-order valence-corrected chi connectivity index (χ3v) is 5.30. The molecule has 2 heterocycles. The average Bonchev–Trinajstić information content (AvgIpc) is 2.90. The number of benzene rings is 2. The number of rotatable bonds is 6. The SMILES string of the molecule is NC(=O)Oc1ccc2c(c1)CCc1cc(CNCCN3CCOCC3)ccc1O2. The van der Waals surface area contributed by atoms with Crippen LogP contribution in [0.3, 0.4) is 0 Å². The molecule has 2 aromatic carbocycles. The number of ether oxygens (including phenoxy) is 3. The van der Waals surface area contributed by atoms with Crippen molar-refractivity contribution < 1.29 is 19.0 Å². The summed E-state index contributed by atoms with van der Waals surface area (Å²) in [4.78, 5) is 13.4. The second-order valence-corrected chi connectivity index (χ2v) is 7.37. The predicted molar refractivity (Wildman–Crippen MR) is 110 cm³/mol. The van der Waals surface area contributed by atoms with Crippen molar-refractivity contribution in [2.45, 2.75) is 19.4 Å². The van der Waals surface area contributed by atoms with E-state index < -0.39 is 6.09 Å². The number of nitrogens with two attached hydrogens (primary N) is 1. The first-order valence-corrected chi connectivity index (χ1v) is 10.1. The molecule has 0 atom stereocenters. The number of fused-ring (bicyclic) bond motifs is 2. The maximum Gasteiger partial charge on any atom is 0.409 e. The number of carbonyl (C=O) groups is 1. The fourth-order valence-electron chi connectivity index (χ4n) is 3.75. The lowest BCUT2D eigenvalue weighted by atomic mass is 10.0. The van der Waals surface area contributed by atoms with E-state index in [9.17, 15) is 4.79 Å². The lowest BCUT2D eigenvalue weighted by Crippen LogP contribution is -2.40. The smallest absolute Gasteiger partial charge is 0.409 e. The van der Waals surface area contributed by atoms with Crippen molar-refractivity contribution in [3.63, 3.8) is 0 Å². The Morgan fingerprint density at radius 1 is 1.07 bits per heavy atom. The van der Waals surface area contributed by atoms with Gasteiger partial charge in [0.2, 0.25) is 0 Å². The van der Waals surface area contributed by atoms with Gasteiger partial charge in [-0.1, -0.05) is 12.1 Å². The van der Waals surface area contributed by atoms with Gasteiger partial charge >= 0.3 is 6.09 Å². The molecule has 1 fully saturated rings. The second-order valence-electron chi connectivity index (χ2n) is 7.37. The van der Waals surface area contributed by atoms with Crippen molar-refractivity contribution in [1.29, 1.82) is 0 Å². The van der Waals surface area contributed by atoms with Crippen molar-refractivity contribution in [1.82, 2.24) is 10.2 Å². The van der Waals surface area contributed by atoms with Gasteiger partial charge in [-0.05, 0) is 53.8 Å². The Bertz CT molecular complexity index is 865. The average molecular weight is 397 g/mol. The van der Waals surface area contributed by atoms with Gasteiger partial charge in [0.1, 0.15) is 17.2 Å². The molecule has 7 heteroatoms. The van der Waals surface area contributed by atoms with Gasteiger partial charge in [-0.3, -0.25) is 4.90 Å². The van der Waals surface area contributed by atoms with Crippen LogP contribution in [0, 0.1) is 0 Å². The first-order valence-electron chi connectivity index (χ1n) is 10.1. The summed E-state index contributed by atoms with van der Waals surface area (Å²) < 4.78 is 16.5. The van der Waals surface area contributed by atoms with E-state index in [-0.39, 0.29) is 0 Å². The first kappa shape index (κ1) is 19.7. The number of amides is 1. The molecule has 29 heavy (non-hydrogen) atoms. The molecule has 4 rings (SSSR count). The molecule has 2 aliphatic rings. The van der Waals surface area contributed by atoms with E-state index in [0.717, 1.165) is 75.8 Å². The van der Waals surface area contributed by atoms with Crippen molar-refractivity contribution >= 4 is 6.09 Å². The van der Waals surface area contributed by atoms with Crippen LogP contribution in [0.1, 0.15) is 16.7 Å². The molecule has 1 amide bonds. The predicted octanol–water partition coefficient (Wildman–Crippen LogP) is 2.46. The summed E-state index contributed by atoms with van der Waals surface area (Å²) in [7, 11) is 0. The topological polar surface area (TPSA) is 86.1 Å². The molecule has 0 aliphatic carbocycles. The Kier molecular flexibility index (Phi) is 6.29. The molecule has 154 valence electrons. The molecule has 2 aromatic rings. The molecule has 0 radical (unpaired) electrons. The molecular weight excluding hydrogens is 370 g/mol. The second kappa shape index (κ2) is 9.26. The molecule has 0 saturated carbocycles. The van der Waals surface area contributed by atoms with Crippen molar-refractivity contribution in [3.8, 4) is 17.2 Å². The Labute approximate surface area is 170 Å². The lowest BCUT2D eigenvalue weighted by Gasteiger charge is -2.26. The molecule has 3 N–H and O–H groups in total. The van der Waals surface area contributed by atoms with Crippen LogP contribution in [0.15, 0.2) is 36.4 Å². The zero-order chi connectivity index (χ0) is 20.1. The van der Waals surface area contributed by atoms with Crippen molar-refractivity contribution in [2.75, 3.05) is 39.4 Å². The van der Waals surface area contributed by atoms with E-state index in [1.54, 1.807) is 6.07 Å². The lowest BCUT2D eigenvalue weighted by molar-refractivity contribution is 0.0384. The quantitative estimate of drug-likeness (QED) is 0.729. The highest BCUT2D eigenvalue weighted by atomic mass is 16.5. The number of aryl methyl sites for hydroxylation is 2. The number of nitrogens with one attached hydrogen (secondary N) is 1. The third kappa shape index (κ3) is 5.26. The minimum Gasteiger partial charge on any atom is -0.457 e. The summed E-state index contributed by atoms with van der Waals surface area (Å²) in [6.07, 6.45) is 0.865. The van der Waals surface area contributed by atoms with Gasteiger partial charge in [0, 0.05) is 32.7 Å². The Morgan fingerprint density at radius 2 is 1.79 bits per heavy atom. The standard InChI is InChI=1S/C22H27N3O4/c23-22(26)28-19-4-6-21-18(14-19)3-2-17-13-16(1-5-20(17)29-21)15-24-7-8-25-9-11-27-12-10-25/h1,4-6,13-14,24H,2-3,7-12,15H2,(H2,23,26). The maximum atomic E-state index is 11.0. The Hall–Kier alpha value is -2.61. The van der Waals surface area contributed by atoms with Crippen molar-refractivity contribution in [3.05, 3.63) is 53.1 Å². The number of carbonyl (C=O) groups excluding carboxylic acids is 1. The Balaban J connectivity index is 1.34. The first-order chi connectivity index (χ1) is 14.2. The van der Waals surface area contributed by atoms with E-state index in [2.05, 4.69) is 22.3 Å². The highest BCUT2D eigenvalue weighted by molar-refractivity contribution is 5.68. The molecule has 2 aliphatic heterocycles. The molecular formula is C22H27N3O4. The zero-order valence-electron chi connectivity index (χ0n) is 16.5. The fourth-order valence-corrected chi connectivity index (χ4v) is 3.75. The molecule has 0 bridgehead atoms. The van der Waals surface area contributed by atoms with Gasteiger partial charge in [0.25, 0.3) is 0 Å². The van der Waals surface area contributed by atoms with E-state index in [1.165, 1.54) is 11.1 Å². The van der Waals surface area contributed by atoms with Crippen LogP contribution >= 0.6 is 0 Å². The minimum atomic E-state index is -0.812. The van der Waals surface area contributed by atoms with Crippen LogP contribution in [0.25, 0.3) is 0 Å². The summed E-state index contributed by atoms with van der Waals surface area (Å²) in [5, 5.41) is 3.53. The van der Waals surface area contributed by atoms with Crippen molar-refractivity contribution in [2.24, 2.45) is 5.73 Å². The number of hydrogen-bond donors (Lipinski definition) is 2. The van der Waals surface area contributed by atoms with Gasteiger partial charge < -0.3 is 25.3 Å². The zero-order valence-corrected chi connectivity index (χ0v) is 16.5. The normalized spacial score (nSPS) is 16.3. The summed E-state index contributed by atoms with van der Waals surface area (Å²) >= 11 is 0. The highest BCUT2D eigenvalue weighted by Gasteiger charge is 2.16. The van der Waals surface area contributed by atoms with Crippen LogP contribution in [-0.2, 0) is 24.1 Å². The van der Waals surface area contributed by atoms with Gasteiger partial charge in [-0.15, -0.1) is 0 Å².